The predicted molar refractivity (Wildman–Crippen MR) is 263 cm³/mol. The fourth-order valence-electron chi connectivity index (χ4n) is 9.08. The zero-order chi connectivity index (χ0) is 41.2. The summed E-state index contributed by atoms with van der Waals surface area (Å²) in [5, 5.41) is 2.48. The molecule has 0 atom stereocenters. The third-order valence-corrected chi connectivity index (χ3v) is 12.0. The zero-order valence-corrected chi connectivity index (χ0v) is 34.1. The highest BCUT2D eigenvalue weighted by atomic mass is 15.1. The summed E-state index contributed by atoms with van der Waals surface area (Å²) in [5.41, 5.74) is 18.6. The number of anilines is 3. The first-order valence-corrected chi connectivity index (χ1v) is 21.3. The number of fused-ring (bicyclic) bond motifs is 3. The second-order valence-electron chi connectivity index (χ2n) is 15.7. The highest BCUT2D eigenvalue weighted by Crippen LogP contribution is 2.44. The molecule has 0 amide bonds. The van der Waals surface area contributed by atoms with Crippen LogP contribution in [0.5, 0.6) is 0 Å². The van der Waals surface area contributed by atoms with Crippen LogP contribution in [-0.4, -0.2) is 4.57 Å². The van der Waals surface area contributed by atoms with Crippen molar-refractivity contribution in [2.75, 3.05) is 4.90 Å². The Morgan fingerprint density at radius 1 is 0.274 bits per heavy atom. The third-order valence-electron chi connectivity index (χ3n) is 12.0. The molecule has 1 heterocycles. The average Bonchev–Trinajstić information content (AvgIpc) is 3.70. The largest absolute Gasteiger partial charge is 0.310 e. The molecule has 1 aromatic heterocycles. The molecular formula is C60H42N2. The van der Waals surface area contributed by atoms with Gasteiger partial charge < -0.3 is 9.47 Å². The van der Waals surface area contributed by atoms with E-state index in [9.17, 15) is 0 Å². The molecule has 10 aromatic carbocycles. The van der Waals surface area contributed by atoms with Gasteiger partial charge in [-0.2, -0.15) is 0 Å². The van der Waals surface area contributed by atoms with Crippen molar-refractivity contribution in [1.82, 2.24) is 4.57 Å². The van der Waals surface area contributed by atoms with Gasteiger partial charge in [-0.25, -0.2) is 0 Å². The number of benzene rings is 10. The fraction of sp³-hybridized carbons (Fsp3) is 0. The molecular weight excluding hydrogens is 749 g/mol. The molecule has 292 valence electrons. The molecule has 0 unspecified atom stereocenters. The molecule has 11 rings (SSSR count). The molecule has 0 bridgehead atoms. The van der Waals surface area contributed by atoms with Crippen molar-refractivity contribution >= 4 is 38.9 Å². The van der Waals surface area contributed by atoms with Crippen LogP contribution in [0.25, 0.3) is 83.1 Å². The monoisotopic (exact) mass is 790 g/mol. The van der Waals surface area contributed by atoms with Gasteiger partial charge in [-0.3, -0.25) is 0 Å². The lowest BCUT2D eigenvalue weighted by Gasteiger charge is -2.28. The second kappa shape index (κ2) is 16.1. The Bertz CT molecular complexity index is 3260. The molecule has 2 nitrogen and oxygen atoms in total. The maximum Gasteiger partial charge on any atom is 0.0547 e. The van der Waals surface area contributed by atoms with E-state index in [1.807, 2.05) is 0 Å². The molecule has 0 spiro atoms. The maximum atomic E-state index is 2.42. The van der Waals surface area contributed by atoms with Crippen molar-refractivity contribution in [1.29, 1.82) is 0 Å². The first-order chi connectivity index (χ1) is 30.8. The Balaban J connectivity index is 1.07. The fourth-order valence-corrected chi connectivity index (χ4v) is 9.08. The molecule has 2 heteroatoms. The van der Waals surface area contributed by atoms with Crippen LogP contribution < -0.4 is 4.90 Å². The predicted octanol–water partition coefficient (Wildman–Crippen LogP) is 16.6. The first-order valence-electron chi connectivity index (χ1n) is 21.3. The Labute approximate surface area is 362 Å². The Kier molecular flexibility index (Phi) is 9.57. The van der Waals surface area contributed by atoms with E-state index in [4.69, 9.17) is 0 Å². The van der Waals surface area contributed by atoms with E-state index in [0.29, 0.717) is 0 Å². The van der Waals surface area contributed by atoms with Crippen LogP contribution >= 0.6 is 0 Å². The lowest BCUT2D eigenvalue weighted by molar-refractivity contribution is 1.18. The van der Waals surface area contributed by atoms with Gasteiger partial charge in [0.1, 0.15) is 0 Å². The molecule has 62 heavy (non-hydrogen) atoms. The van der Waals surface area contributed by atoms with Gasteiger partial charge in [-0.1, -0.05) is 182 Å². The van der Waals surface area contributed by atoms with Crippen LogP contribution in [0.1, 0.15) is 0 Å². The zero-order valence-electron chi connectivity index (χ0n) is 34.1. The molecule has 0 saturated carbocycles. The van der Waals surface area contributed by atoms with E-state index in [1.165, 1.54) is 66.3 Å². The smallest absolute Gasteiger partial charge is 0.0547 e. The maximum absolute atomic E-state index is 2.42. The second-order valence-corrected chi connectivity index (χ2v) is 15.7. The van der Waals surface area contributed by atoms with E-state index < -0.39 is 0 Å². The van der Waals surface area contributed by atoms with Gasteiger partial charge in [0, 0.05) is 33.4 Å². The van der Waals surface area contributed by atoms with E-state index in [-0.39, 0.29) is 0 Å². The van der Waals surface area contributed by atoms with Gasteiger partial charge >= 0.3 is 0 Å². The van der Waals surface area contributed by atoms with Crippen LogP contribution in [0.2, 0.25) is 0 Å². The molecule has 0 saturated heterocycles. The first kappa shape index (κ1) is 36.8. The van der Waals surface area contributed by atoms with Crippen molar-refractivity contribution in [3.63, 3.8) is 0 Å². The van der Waals surface area contributed by atoms with Crippen LogP contribution in [0.4, 0.5) is 17.1 Å². The minimum Gasteiger partial charge on any atom is -0.310 e. The average molecular weight is 791 g/mol. The molecule has 0 aliphatic rings. The van der Waals surface area contributed by atoms with Gasteiger partial charge in [0.2, 0.25) is 0 Å². The summed E-state index contributed by atoms with van der Waals surface area (Å²) in [6.07, 6.45) is 0. The number of hydrogen-bond acceptors (Lipinski definition) is 1. The summed E-state index contributed by atoms with van der Waals surface area (Å²) >= 11 is 0. The number of aromatic nitrogens is 1. The minimum atomic E-state index is 1.08. The normalized spacial score (nSPS) is 11.2. The van der Waals surface area contributed by atoms with Crippen molar-refractivity contribution in [3.8, 4) is 61.3 Å². The number of para-hydroxylation sites is 3. The lowest BCUT2D eigenvalue weighted by Crippen LogP contribution is -2.11. The quantitative estimate of drug-likeness (QED) is 0.141. The summed E-state index contributed by atoms with van der Waals surface area (Å²) in [4.78, 5) is 2.42. The number of hydrogen-bond donors (Lipinski definition) is 0. The summed E-state index contributed by atoms with van der Waals surface area (Å²) in [7, 11) is 0. The van der Waals surface area contributed by atoms with Gasteiger partial charge in [-0.05, 0) is 123 Å². The Morgan fingerprint density at radius 2 is 0.758 bits per heavy atom. The topological polar surface area (TPSA) is 8.17 Å². The van der Waals surface area contributed by atoms with E-state index in [2.05, 4.69) is 264 Å². The van der Waals surface area contributed by atoms with Crippen LogP contribution in [0, 0.1) is 0 Å². The van der Waals surface area contributed by atoms with Gasteiger partial charge in [0.25, 0.3) is 0 Å². The molecule has 0 aliphatic heterocycles. The minimum absolute atomic E-state index is 1.08. The standard InChI is InChI=1S/C60H42N2/c1-5-19-43(20-6-1)48-39-49(44-21-7-2-8-22-44)41-50(40-48)45-35-37-52(38-36-45)61(57-32-15-13-29-54(57)46-23-9-3-10-24-46)53-28-17-25-47(42-53)55-31-18-34-59-60(55)56-30-14-16-33-58(56)62(59)51-26-11-4-12-27-51/h1-42H. The highest BCUT2D eigenvalue weighted by Gasteiger charge is 2.20. The van der Waals surface area contributed by atoms with Crippen LogP contribution in [-0.2, 0) is 0 Å². The van der Waals surface area contributed by atoms with Crippen molar-refractivity contribution in [2.45, 2.75) is 0 Å². The summed E-state index contributed by atoms with van der Waals surface area (Å²) in [5.74, 6) is 0. The van der Waals surface area contributed by atoms with Crippen LogP contribution in [0.15, 0.2) is 255 Å². The van der Waals surface area contributed by atoms with Crippen molar-refractivity contribution in [3.05, 3.63) is 255 Å². The molecule has 0 aliphatic carbocycles. The van der Waals surface area contributed by atoms with E-state index >= 15 is 0 Å². The van der Waals surface area contributed by atoms with Crippen LogP contribution in [0.3, 0.4) is 0 Å². The van der Waals surface area contributed by atoms with Gasteiger partial charge in [-0.15, -0.1) is 0 Å². The highest BCUT2D eigenvalue weighted by molar-refractivity contribution is 6.16. The van der Waals surface area contributed by atoms with Gasteiger partial charge in [0.15, 0.2) is 0 Å². The van der Waals surface area contributed by atoms with Crippen molar-refractivity contribution < 1.29 is 0 Å². The lowest BCUT2D eigenvalue weighted by atomic mass is 9.93. The Morgan fingerprint density at radius 3 is 1.42 bits per heavy atom. The Hall–Kier alpha value is -8.20. The molecule has 11 aromatic rings. The van der Waals surface area contributed by atoms with Crippen molar-refractivity contribution in [2.24, 2.45) is 0 Å². The number of rotatable bonds is 9. The summed E-state index contributed by atoms with van der Waals surface area (Å²) in [6, 6.07) is 92.1. The summed E-state index contributed by atoms with van der Waals surface area (Å²) < 4.78 is 2.39. The van der Waals surface area contributed by atoms with Gasteiger partial charge in [0.05, 0.1) is 16.7 Å². The molecule has 0 radical (unpaired) electrons. The van der Waals surface area contributed by atoms with E-state index in [0.717, 1.165) is 33.9 Å². The SMILES string of the molecule is c1ccc(-c2cc(-c3ccccc3)cc(-c3ccc(N(c4cccc(-c5cccc6c5c5ccccc5n6-c5ccccc5)c4)c4ccccc4-c4ccccc4)cc3)c2)cc1. The third kappa shape index (κ3) is 6.84. The van der Waals surface area contributed by atoms with E-state index in [1.54, 1.807) is 0 Å². The summed E-state index contributed by atoms with van der Waals surface area (Å²) in [6.45, 7) is 0. The molecule has 0 fully saturated rings. The molecule has 0 N–H and O–H groups in total. The number of nitrogens with zero attached hydrogens (tertiary/aromatic N) is 2.